The Morgan fingerprint density at radius 3 is 2.36 bits per heavy atom. The summed E-state index contributed by atoms with van der Waals surface area (Å²) in [6.07, 6.45) is 0.291. The molecule has 0 spiro atoms. The fourth-order valence-corrected chi connectivity index (χ4v) is 0.807. The smallest absolute Gasteiger partial charge is 0.309 e. The van der Waals surface area contributed by atoms with Crippen LogP contribution in [0.3, 0.4) is 0 Å². The van der Waals surface area contributed by atoms with Gasteiger partial charge in [0.25, 0.3) is 0 Å². The molecule has 66 valence electrons. The Balaban J connectivity index is 4.01. The normalized spacial score (nSPS) is 14.5. The number of aliphatic carboxylic acids is 1. The van der Waals surface area contributed by atoms with Gasteiger partial charge in [0.2, 0.25) is 0 Å². The lowest BCUT2D eigenvalue weighted by molar-refractivity contribution is -0.147. The van der Waals surface area contributed by atoms with Crippen LogP contribution in [0, 0.1) is 5.41 Å². The minimum atomic E-state index is -0.888. The molecule has 0 aromatic heterocycles. The maximum Gasteiger partial charge on any atom is 0.309 e. The van der Waals surface area contributed by atoms with E-state index in [9.17, 15) is 4.79 Å². The second-order valence-corrected chi connectivity index (χ2v) is 3.34. The van der Waals surface area contributed by atoms with Gasteiger partial charge in [-0.3, -0.25) is 4.79 Å². The number of carboxylic acids is 1. The molecular formula is C7H15NO3. The molecule has 0 aliphatic heterocycles. The second-order valence-electron chi connectivity index (χ2n) is 3.34. The zero-order valence-electron chi connectivity index (χ0n) is 6.87. The highest BCUT2D eigenvalue weighted by Crippen LogP contribution is 2.21. The van der Waals surface area contributed by atoms with Gasteiger partial charge < -0.3 is 15.9 Å². The zero-order valence-corrected chi connectivity index (χ0v) is 6.87. The van der Waals surface area contributed by atoms with Crippen molar-refractivity contribution >= 4 is 5.97 Å². The van der Waals surface area contributed by atoms with E-state index in [4.69, 9.17) is 15.9 Å². The number of rotatable bonds is 4. The Morgan fingerprint density at radius 1 is 1.64 bits per heavy atom. The maximum atomic E-state index is 10.5. The third-order valence-electron chi connectivity index (χ3n) is 1.59. The molecule has 0 aromatic carbocycles. The quantitative estimate of drug-likeness (QED) is 0.533. The van der Waals surface area contributed by atoms with E-state index >= 15 is 0 Å². The molecule has 0 amide bonds. The first-order valence-electron chi connectivity index (χ1n) is 3.50. The van der Waals surface area contributed by atoms with Crippen LogP contribution >= 0.6 is 0 Å². The standard InChI is InChI=1S/C7H15NO3/c1-7(2,6(10)11)3-5(8)4-9/h5,9H,3-4,8H2,1-2H3,(H,10,11). The molecule has 11 heavy (non-hydrogen) atoms. The maximum absolute atomic E-state index is 10.5. The lowest BCUT2D eigenvalue weighted by Crippen LogP contribution is -2.35. The van der Waals surface area contributed by atoms with Gasteiger partial charge in [0.05, 0.1) is 12.0 Å². The molecule has 0 aliphatic rings. The number of nitrogens with two attached hydrogens (primary N) is 1. The summed E-state index contributed by atoms with van der Waals surface area (Å²) in [7, 11) is 0. The van der Waals surface area contributed by atoms with Gasteiger partial charge in [-0.15, -0.1) is 0 Å². The Kier molecular flexibility index (Phi) is 3.48. The van der Waals surface area contributed by atoms with Crippen LogP contribution in [-0.2, 0) is 4.79 Å². The van der Waals surface area contributed by atoms with E-state index in [0.29, 0.717) is 6.42 Å². The molecule has 4 N–H and O–H groups in total. The molecule has 4 heteroatoms. The van der Waals surface area contributed by atoms with Crippen molar-refractivity contribution in [1.82, 2.24) is 0 Å². The van der Waals surface area contributed by atoms with E-state index in [1.165, 1.54) is 0 Å². The van der Waals surface area contributed by atoms with E-state index in [-0.39, 0.29) is 6.61 Å². The van der Waals surface area contributed by atoms with Crippen LogP contribution in [0.2, 0.25) is 0 Å². The van der Waals surface area contributed by atoms with E-state index in [1.54, 1.807) is 13.8 Å². The van der Waals surface area contributed by atoms with Crippen LogP contribution in [0.4, 0.5) is 0 Å². The van der Waals surface area contributed by atoms with Gasteiger partial charge in [-0.1, -0.05) is 0 Å². The number of carboxylic acid groups (broad SMARTS) is 1. The monoisotopic (exact) mass is 161 g/mol. The van der Waals surface area contributed by atoms with E-state index in [2.05, 4.69) is 0 Å². The minimum Gasteiger partial charge on any atom is -0.481 e. The van der Waals surface area contributed by atoms with Crippen LogP contribution in [0.15, 0.2) is 0 Å². The average Bonchev–Trinajstić information content (AvgIpc) is 1.86. The molecule has 0 saturated carbocycles. The molecule has 0 rings (SSSR count). The molecular weight excluding hydrogens is 146 g/mol. The van der Waals surface area contributed by atoms with E-state index in [1.807, 2.05) is 0 Å². The van der Waals surface area contributed by atoms with Gasteiger partial charge in [0.15, 0.2) is 0 Å². The summed E-state index contributed by atoms with van der Waals surface area (Å²) in [6, 6.07) is -0.443. The van der Waals surface area contributed by atoms with Crippen LogP contribution in [0.1, 0.15) is 20.3 Å². The summed E-state index contributed by atoms with van der Waals surface area (Å²) in [5.41, 5.74) is 4.54. The molecule has 0 bridgehead atoms. The van der Waals surface area contributed by atoms with Gasteiger partial charge in [-0.2, -0.15) is 0 Å². The van der Waals surface area contributed by atoms with Gasteiger partial charge in [0, 0.05) is 6.04 Å². The summed E-state index contributed by atoms with van der Waals surface area (Å²) in [6.45, 7) is 3.01. The predicted octanol–water partition coefficient (Wildman–Crippen LogP) is -0.193. The van der Waals surface area contributed by atoms with Crippen LogP contribution in [0.25, 0.3) is 0 Å². The van der Waals surface area contributed by atoms with Crippen molar-refractivity contribution in [3.8, 4) is 0 Å². The van der Waals surface area contributed by atoms with Crippen molar-refractivity contribution in [3.05, 3.63) is 0 Å². The molecule has 1 unspecified atom stereocenters. The topological polar surface area (TPSA) is 83.5 Å². The highest BCUT2D eigenvalue weighted by Gasteiger charge is 2.28. The van der Waals surface area contributed by atoms with Gasteiger partial charge in [-0.25, -0.2) is 0 Å². The molecule has 0 heterocycles. The lowest BCUT2D eigenvalue weighted by atomic mass is 9.86. The Hall–Kier alpha value is -0.610. The third-order valence-corrected chi connectivity index (χ3v) is 1.59. The van der Waals surface area contributed by atoms with Crippen LogP contribution in [-0.4, -0.2) is 28.8 Å². The van der Waals surface area contributed by atoms with Crippen molar-refractivity contribution in [2.45, 2.75) is 26.3 Å². The zero-order chi connectivity index (χ0) is 9.07. The van der Waals surface area contributed by atoms with Gasteiger partial charge in [0.1, 0.15) is 0 Å². The minimum absolute atomic E-state index is 0.170. The SMILES string of the molecule is CC(C)(CC(N)CO)C(=O)O. The van der Waals surface area contributed by atoms with Crippen molar-refractivity contribution in [3.63, 3.8) is 0 Å². The van der Waals surface area contributed by atoms with Crippen LogP contribution in [0.5, 0.6) is 0 Å². The van der Waals surface area contributed by atoms with Crippen molar-refractivity contribution in [2.24, 2.45) is 11.1 Å². The second kappa shape index (κ2) is 3.69. The summed E-state index contributed by atoms with van der Waals surface area (Å²) in [5.74, 6) is -0.888. The fourth-order valence-electron chi connectivity index (χ4n) is 0.807. The van der Waals surface area contributed by atoms with Gasteiger partial charge >= 0.3 is 5.97 Å². The molecule has 0 radical (unpaired) electrons. The average molecular weight is 161 g/mol. The number of hydrogen-bond donors (Lipinski definition) is 3. The molecule has 1 atom stereocenters. The summed E-state index contributed by atoms with van der Waals surface area (Å²) in [5, 5.41) is 17.2. The third kappa shape index (κ3) is 3.34. The van der Waals surface area contributed by atoms with Gasteiger partial charge in [-0.05, 0) is 20.3 Å². The number of carbonyl (C=O) groups is 1. The van der Waals surface area contributed by atoms with Crippen molar-refractivity contribution in [2.75, 3.05) is 6.61 Å². The first-order valence-corrected chi connectivity index (χ1v) is 3.50. The van der Waals surface area contributed by atoms with Crippen molar-refractivity contribution < 1.29 is 15.0 Å². The molecule has 0 aliphatic carbocycles. The summed E-state index contributed by atoms with van der Waals surface area (Å²) < 4.78 is 0. The first-order chi connectivity index (χ1) is 4.90. The Bertz CT molecular complexity index is 145. The lowest BCUT2D eigenvalue weighted by Gasteiger charge is -2.21. The predicted molar refractivity (Wildman–Crippen MR) is 41.1 cm³/mol. The van der Waals surface area contributed by atoms with E-state index < -0.39 is 17.4 Å². The fraction of sp³-hybridized carbons (Fsp3) is 0.857. The highest BCUT2D eigenvalue weighted by atomic mass is 16.4. The summed E-state index contributed by atoms with van der Waals surface area (Å²) >= 11 is 0. The first kappa shape index (κ1) is 10.4. The van der Waals surface area contributed by atoms with Crippen molar-refractivity contribution in [1.29, 1.82) is 0 Å². The number of aliphatic hydroxyl groups is 1. The molecule has 0 saturated heterocycles. The summed E-state index contributed by atoms with van der Waals surface area (Å²) in [4.78, 5) is 10.5. The number of hydrogen-bond acceptors (Lipinski definition) is 3. The largest absolute Gasteiger partial charge is 0.481 e. The Morgan fingerprint density at radius 2 is 2.09 bits per heavy atom. The highest BCUT2D eigenvalue weighted by molar-refractivity contribution is 5.73. The molecule has 0 fully saturated rings. The number of aliphatic hydroxyl groups excluding tert-OH is 1. The van der Waals surface area contributed by atoms with E-state index in [0.717, 1.165) is 0 Å². The molecule has 4 nitrogen and oxygen atoms in total. The Labute approximate surface area is 66.0 Å². The van der Waals surface area contributed by atoms with Crippen LogP contribution < -0.4 is 5.73 Å². The molecule has 0 aromatic rings.